The minimum absolute atomic E-state index is 0.373. The molecule has 0 fully saturated rings. The van der Waals surface area contributed by atoms with Gasteiger partial charge in [0, 0.05) is 19.8 Å². The Morgan fingerprint density at radius 3 is 0.933 bits per heavy atom. The Hall–Kier alpha value is -0.0800. The van der Waals surface area contributed by atoms with Crippen molar-refractivity contribution in [1.82, 2.24) is 0 Å². The highest BCUT2D eigenvalue weighted by molar-refractivity contribution is 4.49. The van der Waals surface area contributed by atoms with Crippen LogP contribution in [0.2, 0.25) is 0 Å². The number of aliphatic hydroxyl groups excluding tert-OH is 1. The Morgan fingerprint density at radius 1 is 0.367 bits per heavy atom. The van der Waals surface area contributed by atoms with E-state index in [9.17, 15) is 0 Å². The van der Waals surface area contributed by atoms with Crippen molar-refractivity contribution in [1.29, 1.82) is 0 Å². The van der Waals surface area contributed by atoms with Crippen molar-refractivity contribution in [3.05, 3.63) is 0 Å². The molecule has 0 atom stereocenters. The summed E-state index contributed by atoms with van der Waals surface area (Å²) in [6.07, 6.45) is 29.7. The third kappa shape index (κ3) is 35.4. The van der Waals surface area contributed by atoms with Crippen LogP contribution in [0.25, 0.3) is 0 Å². The minimum atomic E-state index is 0.373. The molecule has 0 spiro atoms. The molecule has 0 rings (SSSR count). The van der Waals surface area contributed by atoms with Gasteiger partial charge in [-0.15, -0.1) is 0 Å². The topological polar surface area (TPSA) is 29.5 Å². The molecule has 184 valence electrons. The maximum absolute atomic E-state index is 8.64. The van der Waals surface area contributed by atoms with Crippen LogP contribution in [0.4, 0.5) is 0 Å². The van der Waals surface area contributed by atoms with E-state index in [4.69, 9.17) is 9.84 Å². The first-order valence-electron chi connectivity index (χ1n) is 14.0. The van der Waals surface area contributed by atoms with Crippen LogP contribution in [-0.2, 0) is 4.74 Å². The zero-order valence-corrected chi connectivity index (χ0v) is 21.5. The van der Waals surface area contributed by atoms with Gasteiger partial charge in [-0.05, 0) is 19.3 Å². The Bertz CT molecular complexity index is 231. The van der Waals surface area contributed by atoms with Crippen LogP contribution in [0.15, 0.2) is 0 Å². The van der Waals surface area contributed by atoms with Crippen molar-refractivity contribution in [2.75, 3.05) is 19.8 Å². The predicted molar refractivity (Wildman–Crippen MR) is 137 cm³/mol. The van der Waals surface area contributed by atoms with Crippen molar-refractivity contribution in [2.24, 2.45) is 0 Å². The van der Waals surface area contributed by atoms with Crippen molar-refractivity contribution in [3.8, 4) is 0 Å². The van der Waals surface area contributed by atoms with Gasteiger partial charge in [0.25, 0.3) is 0 Å². The van der Waals surface area contributed by atoms with E-state index in [1.165, 1.54) is 135 Å². The predicted octanol–water partition coefficient (Wildman–Crippen LogP) is 9.62. The Kier molecular flexibility index (Phi) is 35.9. The molecule has 2 heteroatoms. The molecule has 0 aliphatic heterocycles. The first kappa shape index (κ1) is 32.1. The summed E-state index contributed by atoms with van der Waals surface area (Å²) >= 11 is 0. The fourth-order valence-corrected chi connectivity index (χ4v) is 3.67. The lowest BCUT2D eigenvalue weighted by Crippen LogP contribution is -1.96. The average molecular weight is 429 g/mol. The van der Waals surface area contributed by atoms with Crippen LogP contribution in [0.5, 0.6) is 0 Å². The Balaban J connectivity index is 0. The molecule has 1 N–H and O–H groups in total. The first-order valence-corrected chi connectivity index (χ1v) is 14.0. The van der Waals surface area contributed by atoms with E-state index in [0.29, 0.717) is 6.61 Å². The second-order valence-corrected chi connectivity index (χ2v) is 9.05. The standard InChI is InChI=1S/C16H34O.C12H26O/c1-2-3-4-5-6-7-8-9-10-11-12-13-14-15-16-17;1-3-5-7-9-11-13-12-10-8-6-4-2/h17H,2-16H2,1H3;3-12H2,1-2H3. The number of ether oxygens (including phenoxy) is 1. The largest absolute Gasteiger partial charge is 0.396 e. The van der Waals surface area contributed by atoms with Gasteiger partial charge in [0.1, 0.15) is 0 Å². The Morgan fingerprint density at radius 2 is 0.633 bits per heavy atom. The number of rotatable bonds is 24. The van der Waals surface area contributed by atoms with Crippen LogP contribution < -0.4 is 0 Å². The van der Waals surface area contributed by atoms with Gasteiger partial charge in [-0.2, -0.15) is 0 Å². The second-order valence-electron chi connectivity index (χ2n) is 9.05. The van der Waals surface area contributed by atoms with Gasteiger partial charge in [0.2, 0.25) is 0 Å². The summed E-state index contributed by atoms with van der Waals surface area (Å²) in [7, 11) is 0. The first-order chi connectivity index (χ1) is 14.8. The number of hydrogen-bond acceptors (Lipinski definition) is 2. The van der Waals surface area contributed by atoms with E-state index in [2.05, 4.69) is 20.8 Å². The van der Waals surface area contributed by atoms with Crippen LogP contribution in [0.1, 0.15) is 162 Å². The molecular weight excluding hydrogens is 368 g/mol. The monoisotopic (exact) mass is 428 g/mol. The van der Waals surface area contributed by atoms with E-state index in [1.54, 1.807) is 0 Å². The molecule has 0 aliphatic carbocycles. The molecule has 0 bridgehead atoms. The molecular formula is C28H60O2. The van der Waals surface area contributed by atoms with Gasteiger partial charge >= 0.3 is 0 Å². The summed E-state index contributed by atoms with van der Waals surface area (Å²) in [4.78, 5) is 0. The summed E-state index contributed by atoms with van der Waals surface area (Å²) in [6, 6.07) is 0. The average Bonchev–Trinajstić information content (AvgIpc) is 2.76. The molecule has 0 aromatic heterocycles. The van der Waals surface area contributed by atoms with Gasteiger partial charge in [0.05, 0.1) is 0 Å². The van der Waals surface area contributed by atoms with Gasteiger partial charge in [0.15, 0.2) is 0 Å². The third-order valence-electron chi connectivity index (χ3n) is 5.80. The van der Waals surface area contributed by atoms with Crippen molar-refractivity contribution >= 4 is 0 Å². The van der Waals surface area contributed by atoms with Crippen LogP contribution in [0, 0.1) is 0 Å². The minimum Gasteiger partial charge on any atom is -0.396 e. The zero-order valence-electron chi connectivity index (χ0n) is 21.5. The summed E-state index contributed by atoms with van der Waals surface area (Å²) in [6.45, 7) is 9.09. The molecule has 0 unspecified atom stereocenters. The highest BCUT2D eigenvalue weighted by Gasteiger charge is 1.93. The van der Waals surface area contributed by atoms with Crippen molar-refractivity contribution in [3.63, 3.8) is 0 Å². The third-order valence-corrected chi connectivity index (χ3v) is 5.80. The molecule has 0 amide bonds. The quantitative estimate of drug-likeness (QED) is 0.155. The molecule has 0 aromatic rings. The van der Waals surface area contributed by atoms with E-state index >= 15 is 0 Å². The van der Waals surface area contributed by atoms with Gasteiger partial charge in [-0.1, -0.05) is 143 Å². The van der Waals surface area contributed by atoms with Crippen molar-refractivity contribution < 1.29 is 9.84 Å². The van der Waals surface area contributed by atoms with E-state index in [0.717, 1.165) is 19.6 Å². The van der Waals surface area contributed by atoms with Crippen LogP contribution in [0.3, 0.4) is 0 Å². The normalized spacial score (nSPS) is 10.8. The summed E-state index contributed by atoms with van der Waals surface area (Å²) < 4.78 is 5.53. The molecule has 0 aliphatic rings. The van der Waals surface area contributed by atoms with E-state index in [-0.39, 0.29) is 0 Å². The molecule has 0 aromatic carbocycles. The van der Waals surface area contributed by atoms with Crippen molar-refractivity contribution in [2.45, 2.75) is 162 Å². The van der Waals surface area contributed by atoms with Crippen LogP contribution >= 0.6 is 0 Å². The lowest BCUT2D eigenvalue weighted by atomic mass is 10.0. The molecule has 0 saturated heterocycles. The smallest absolute Gasteiger partial charge is 0.0466 e. The number of unbranched alkanes of at least 4 members (excludes halogenated alkanes) is 19. The Labute approximate surface area is 192 Å². The van der Waals surface area contributed by atoms with Gasteiger partial charge in [-0.3, -0.25) is 0 Å². The van der Waals surface area contributed by atoms with Gasteiger partial charge < -0.3 is 9.84 Å². The fraction of sp³-hybridized carbons (Fsp3) is 1.00. The van der Waals surface area contributed by atoms with E-state index in [1.807, 2.05) is 0 Å². The zero-order chi connectivity index (χ0) is 22.4. The highest BCUT2D eigenvalue weighted by Crippen LogP contribution is 2.12. The lowest BCUT2D eigenvalue weighted by molar-refractivity contribution is 0.126. The summed E-state index contributed by atoms with van der Waals surface area (Å²) in [5.74, 6) is 0. The molecule has 30 heavy (non-hydrogen) atoms. The molecule has 2 nitrogen and oxygen atoms in total. The van der Waals surface area contributed by atoms with Crippen LogP contribution in [-0.4, -0.2) is 24.9 Å². The highest BCUT2D eigenvalue weighted by atomic mass is 16.5. The summed E-state index contributed by atoms with van der Waals surface area (Å²) in [5.41, 5.74) is 0. The summed E-state index contributed by atoms with van der Waals surface area (Å²) in [5, 5.41) is 8.64. The molecule has 0 heterocycles. The number of hydrogen-bond donors (Lipinski definition) is 1. The lowest BCUT2D eigenvalue weighted by Gasteiger charge is -2.03. The molecule has 0 radical (unpaired) electrons. The maximum atomic E-state index is 8.64. The molecule has 0 saturated carbocycles. The second kappa shape index (κ2) is 33.6. The number of aliphatic hydroxyl groups is 1. The van der Waals surface area contributed by atoms with Gasteiger partial charge in [-0.25, -0.2) is 0 Å². The van der Waals surface area contributed by atoms with E-state index < -0.39 is 0 Å². The maximum Gasteiger partial charge on any atom is 0.0466 e. The SMILES string of the molecule is CCCCCCCCCCCCCCCCO.CCCCCCOCCCCCC. The fourth-order valence-electron chi connectivity index (χ4n) is 3.67.